The molecule has 1 aromatic carbocycles. The molecule has 0 radical (unpaired) electrons. The summed E-state index contributed by atoms with van der Waals surface area (Å²) >= 11 is 1.60. The Morgan fingerprint density at radius 2 is 2.22 bits per heavy atom. The molecule has 0 aliphatic heterocycles. The number of hydrogen-bond acceptors (Lipinski definition) is 5. The van der Waals surface area contributed by atoms with Crippen LogP contribution in [0.15, 0.2) is 18.2 Å². The zero-order valence-electron chi connectivity index (χ0n) is 10.3. The zero-order chi connectivity index (χ0) is 13.7. The summed E-state index contributed by atoms with van der Waals surface area (Å²) in [4.78, 5) is 23.9. The summed E-state index contributed by atoms with van der Waals surface area (Å²) in [7, 11) is 1.62. The molecular weight excluding hydrogens is 254 g/mol. The van der Waals surface area contributed by atoms with Crippen molar-refractivity contribution in [2.45, 2.75) is 0 Å². The molecule has 2 N–H and O–H groups in total. The van der Waals surface area contributed by atoms with E-state index in [-0.39, 0.29) is 22.8 Å². The molecule has 18 heavy (non-hydrogen) atoms. The largest absolute Gasteiger partial charge is 0.393 e. The van der Waals surface area contributed by atoms with Gasteiger partial charge in [-0.3, -0.25) is 14.9 Å². The number of anilines is 1. The van der Waals surface area contributed by atoms with Crippen LogP contribution < -0.4 is 5.73 Å². The Labute approximate surface area is 109 Å². The Bertz CT molecular complexity index is 465. The van der Waals surface area contributed by atoms with E-state index < -0.39 is 4.92 Å². The van der Waals surface area contributed by atoms with Crippen LogP contribution >= 0.6 is 11.8 Å². The molecule has 0 unspecified atom stereocenters. The summed E-state index contributed by atoms with van der Waals surface area (Å²) < 4.78 is 0. The number of thioether (sulfide) groups is 1. The lowest BCUT2D eigenvalue weighted by Gasteiger charge is -2.16. The second-order valence-corrected chi connectivity index (χ2v) is 4.71. The molecule has 0 aromatic heterocycles. The maximum atomic E-state index is 12.1. The van der Waals surface area contributed by atoms with Crippen LogP contribution in [0.5, 0.6) is 0 Å². The number of nitro groups is 1. The molecule has 6 nitrogen and oxygen atoms in total. The normalized spacial score (nSPS) is 10.1. The number of hydrogen-bond donors (Lipinski definition) is 1. The molecular formula is C11H15N3O3S. The molecule has 0 spiro atoms. The molecule has 0 saturated heterocycles. The second kappa shape index (κ2) is 6.25. The van der Waals surface area contributed by atoms with Crippen molar-refractivity contribution in [3.8, 4) is 0 Å². The molecule has 0 aliphatic rings. The minimum Gasteiger partial charge on any atom is -0.393 e. The second-order valence-electron chi connectivity index (χ2n) is 3.72. The van der Waals surface area contributed by atoms with Gasteiger partial charge in [-0.25, -0.2) is 0 Å². The number of amides is 1. The fourth-order valence-corrected chi connectivity index (χ4v) is 1.93. The van der Waals surface area contributed by atoms with Crippen molar-refractivity contribution < 1.29 is 9.72 Å². The Hall–Kier alpha value is -1.76. The van der Waals surface area contributed by atoms with Crippen molar-refractivity contribution in [2.75, 3.05) is 31.3 Å². The molecule has 0 atom stereocenters. The number of para-hydroxylation sites is 1. The summed E-state index contributed by atoms with van der Waals surface area (Å²) in [6, 6.07) is 4.38. The van der Waals surface area contributed by atoms with E-state index in [2.05, 4.69) is 0 Å². The lowest BCUT2D eigenvalue weighted by atomic mass is 10.1. The molecule has 98 valence electrons. The van der Waals surface area contributed by atoms with Gasteiger partial charge in [-0.2, -0.15) is 11.8 Å². The minimum absolute atomic E-state index is 0.00381. The van der Waals surface area contributed by atoms with Gasteiger partial charge in [-0.15, -0.1) is 0 Å². The Morgan fingerprint density at radius 1 is 1.56 bits per heavy atom. The third-order valence-electron chi connectivity index (χ3n) is 2.46. The Kier molecular flexibility index (Phi) is 4.96. The molecule has 0 fully saturated rings. The van der Waals surface area contributed by atoms with Gasteiger partial charge in [0.1, 0.15) is 11.3 Å². The van der Waals surface area contributed by atoms with Gasteiger partial charge < -0.3 is 10.6 Å². The predicted octanol–water partition coefficient (Wildman–Crippen LogP) is 1.61. The van der Waals surface area contributed by atoms with Crippen molar-refractivity contribution in [3.05, 3.63) is 33.9 Å². The van der Waals surface area contributed by atoms with Crippen molar-refractivity contribution in [1.29, 1.82) is 0 Å². The summed E-state index contributed by atoms with van der Waals surface area (Å²) in [5.41, 5.74) is 5.26. The van der Waals surface area contributed by atoms with Gasteiger partial charge in [0.2, 0.25) is 0 Å². The monoisotopic (exact) mass is 269 g/mol. The van der Waals surface area contributed by atoms with Crippen LogP contribution in [0.25, 0.3) is 0 Å². The van der Waals surface area contributed by atoms with Gasteiger partial charge in [0.25, 0.3) is 5.91 Å². The van der Waals surface area contributed by atoms with Crippen molar-refractivity contribution in [2.24, 2.45) is 0 Å². The zero-order valence-corrected chi connectivity index (χ0v) is 11.1. The van der Waals surface area contributed by atoms with E-state index >= 15 is 0 Å². The van der Waals surface area contributed by atoms with E-state index in [9.17, 15) is 14.9 Å². The highest BCUT2D eigenvalue weighted by Gasteiger charge is 2.25. The number of carbonyl (C=O) groups excluding carboxylic acids is 1. The molecule has 1 aromatic rings. The maximum Gasteiger partial charge on any atom is 0.304 e. The lowest BCUT2D eigenvalue weighted by Crippen LogP contribution is -2.29. The van der Waals surface area contributed by atoms with Gasteiger partial charge in [-0.05, 0) is 18.4 Å². The van der Waals surface area contributed by atoms with E-state index in [4.69, 9.17) is 5.73 Å². The fraction of sp³-hybridized carbons (Fsp3) is 0.364. The van der Waals surface area contributed by atoms with Gasteiger partial charge in [0, 0.05) is 19.3 Å². The Morgan fingerprint density at radius 3 is 2.78 bits per heavy atom. The van der Waals surface area contributed by atoms with Crippen LogP contribution in [0.2, 0.25) is 0 Å². The van der Waals surface area contributed by atoms with Gasteiger partial charge in [-0.1, -0.05) is 6.07 Å². The molecule has 0 aliphatic carbocycles. The number of rotatable bonds is 5. The maximum absolute atomic E-state index is 12.1. The van der Waals surface area contributed by atoms with E-state index in [0.717, 1.165) is 5.75 Å². The summed E-state index contributed by atoms with van der Waals surface area (Å²) in [5.74, 6) is 0.390. The third kappa shape index (κ3) is 3.13. The number of nitro benzene ring substituents is 1. The topological polar surface area (TPSA) is 89.5 Å². The summed E-state index contributed by atoms with van der Waals surface area (Å²) in [5, 5.41) is 10.9. The first-order valence-corrected chi connectivity index (χ1v) is 6.65. The van der Waals surface area contributed by atoms with E-state index in [1.54, 1.807) is 18.8 Å². The van der Waals surface area contributed by atoms with E-state index in [1.165, 1.54) is 23.1 Å². The third-order valence-corrected chi connectivity index (χ3v) is 3.05. The minimum atomic E-state index is -0.620. The molecule has 0 saturated carbocycles. The van der Waals surface area contributed by atoms with Crippen molar-refractivity contribution in [1.82, 2.24) is 4.90 Å². The number of nitrogens with zero attached hydrogens (tertiary/aromatic N) is 2. The number of nitrogens with two attached hydrogens (primary N) is 1. The molecule has 0 heterocycles. The van der Waals surface area contributed by atoms with E-state index in [1.807, 2.05) is 6.26 Å². The van der Waals surface area contributed by atoms with Crippen LogP contribution in [-0.4, -0.2) is 41.3 Å². The van der Waals surface area contributed by atoms with Gasteiger partial charge in [0.15, 0.2) is 0 Å². The lowest BCUT2D eigenvalue weighted by molar-refractivity contribution is -0.384. The van der Waals surface area contributed by atoms with Gasteiger partial charge >= 0.3 is 5.69 Å². The van der Waals surface area contributed by atoms with Crippen molar-refractivity contribution in [3.63, 3.8) is 0 Å². The average Bonchev–Trinajstić information content (AvgIpc) is 2.34. The van der Waals surface area contributed by atoms with E-state index in [0.29, 0.717) is 6.54 Å². The number of nitrogen functional groups attached to an aromatic ring is 1. The highest BCUT2D eigenvalue weighted by molar-refractivity contribution is 7.98. The van der Waals surface area contributed by atoms with Gasteiger partial charge in [0.05, 0.1) is 4.92 Å². The first-order valence-electron chi connectivity index (χ1n) is 5.26. The fourth-order valence-electron chi connectivity index (χ4n) is 1.47. The predicted molar refractivity (Wildman–Crippen MR) is 72.9 cm³/mol. The summed E-state index contributed by atoms with van der Waals surface area (Å²) in [6.07, 6.45) is 1.93. The highest BCUT2D eigenvalue weighted by Crippen LogP contribution is 2.26. The SMILES string of the molecule is CSCCN(C)C(=O)c1cccc(N)c1[N+](=O)[O-]. The molecule has 0 bridgehead atoms. The quantitative estimate of drug-likeness (QED) is 0.498. The number of benzene rings is 1. The first kappa shape index (κ1) is 14.3. The highest BCUT2D eigenvalue weighted by atomic mass is 32.2. The van der Waals surface area contributed by atoms with Crippen LogP contribution in [0.1, 0.15) is 10.4 Å². The van der Waals surface area contributed by atoms with Crippen LogP contribution in [0.3, 0.4) is 0 Å². The smallest absolute Gasteiger partial charge is 0.304 e. The van der Waals surface area contributed by atoms with Crippen LogP contribution in [0, 0.1) is 10.1 Å². The van der Waals surface area contributed by atoms with Crippen LogP contribution in [0.4, 0.5) is 11.4 Å². The Balaban J connectivity index is 3.05. The van der Waals surface area contributed by atoms with Crippen LogP contribution in [-0.2, 0) is 0 Å². The molecule has 7 heteroatoms. The number of carbonyl (C=O) groups is 1. The molecule has 1 rings (SSSR count). The summed E-state index contributed by atoms with van der Waals surface area (Å²) in [6.45, 7) is 0.534. The average molecular weight is 269 g/mol. The van der Waals surface area contributed by atoms with Crippen molar-refractivity contribution >= 4 is 29.0 Å². The molecule has 1 amide bonds. The first-order chi connectivity index (χ1) is 8.49. The standard InChI is InChI=1S/C11H15N3O3S/c1-13(6-7-18-2)11(15)8-4-3-5-9(12)10(8)14(16)17/h3-5H,6-7,12H2,1-2H3.